The Morgan fingerprint density at radius 2 is 2.14 bits per heavy atom. The van der Waals surface area contributed by atoms with Gasteiger partial charge in [0, 0.05) is 25.2 Å². The fourth-order valence-corrected chi connectivity index (χ4v) is 4.20. The maximum absolute atomic E-state index is 12.7. The summed E-state index contributed by atoms with van der Waals surface area (Å²) in [7, 11) is 0.124. The number of furan rings is 1. The first-order valence-electron chi connectivity index (χ1n) is 6.73. The summed E-state index contributed by atoms with van der Waals surface area (Å²) < 4.78 is 31.8. The van der Waals surface area contributed by atoms with Gasteiger partial charge >= 0.3 is 5.97 Å². The molecular weight excluding hydrogens is 296 g/mol. The van der Waals surface area contributed by atoms with Crippen LogP contribution >= 0.6 is 0 Å². The Labute approximate surface area is 124 Å². The minimum atomic E-state index is -3.72. The van der Waals surface area contributed by atoms with Crippen molar-refractivity contribution in [2.45, 2.75) is 30.7 Å². The second-order valence-electron chi connectivity index (χ2n) is 5.46. The number of likely N-dealkylation sites (N-methyl/N-ethyl adjacent to an activating group) is 1. The Kier molecular flexibility index (Phi) is 4.40. The number of nitrogens with zero attached hydrogens (tertiary/aromatic N) is 2. The molecule has 0 saturated carbocycles. The van der Waals surface area contributed by atoms with Crippen LogP contribution in [-0.2, 0) is 10.0 Å². The van der Waals surface area contributed by atoms with Gasteiger partial charge in [-0.3, -0.25) is 0 Å². The summed E-state index contributed by atoms with van der Waals surface area (Å²) in [6.07, 6.45) is 1.73. The predicted octanol–water partition coefficient (Wildman–Crippen LogP) is 1.00. The van der Waals surface area contributed by atoms with E-state index in [1.54, 1.807) is 0 Å². The zero-order valence-electron chi connectivity index (χ0n) is 12.4. The summed E-state index contributed by atoms with van der Waals surface area (Å²) in [4.78, 5) is 12.9. The normalized spacial score (nSPS) is 20.9. The van der Waals surface area contributed by atoms with Gasteiger partial charge in [0.25, 0.3) is 0 Å². The average Bonchev–Trinajstić information content (AvgIpc) is 2.82. The maximum atomic E-state index is 12.7. The van der Waals surface area contributed by atoms with Crippen molar-refractivity contribution >= 4 is 16.0 Å². The topological polar surface area (TPSA) is 91.1 Å². The summed E-state index contributed by atoms with van der Waals surface area (Å²) >= 11 is 0. The molecule has 0 bridgehead atoms. The Bertz CT molecular complexity index is 635. The van der Waals surface area contributed by atoms with Crippen LogP contribution in [0.1, 0.15) is 29.2 Å². The Morgan fingerprint density at radius 3 is 2.67 bits per heavy atom. The molecule has 2 rings (SSSR count). The first-order chi connectivity index (χ1) is 9.73. The minimum Gasteiger partial charge on any atom is -0.475 e. The molecule has 2 heterocycles. The Balaban J connectivity index is 2.31. The van der Waals surface area contributed by atoms with Gasteiger partial charge < -0.3 is 14.4 Å². The highest BCUT2D eigenvalue weighted by Crippen LogP contribution is 2.26. The van der Waals surface area contributed by atoms with Gasteiger partial charge in [-0.1, -0.05) is 0 Å². The third-order valence-corrected chi connectivity index (χ3v) is 5.76. The second-order valence-corrected chi connectivity index (χ2v) is 7.37. The van der Waals surface area contributed by atoms with Crippen LogP contribution in [0.4, 0.5) is 0 Å². The van der Waals surface area contributed by atoms with Crippen LogP contribution < -0.4 is 0 Å². The summed E-state index contributed by atoms with van der Waals surface area (Å²) in [5.74, 6) is -1.52. The number of sulfonamides is 1. The molecule has 1 saturated heterocycles. The van der Waals surface area contributed by atoms with Crippen molar-refractivity contribution in [2.24, 2.45) is 0 Å². The van der Waals surface area contributed by atoms with E-state index in [0.717, 1.165) is 18.9 Å². The van der Waals surface area contributed by atoms with Crippen LogP contribution in [0.5, 0.6) is 0 Å². The van der Waals surface area contributed by atoms with Crippen molar-refractivity contribution in [1.29, 1.82) is 0 Å². The summed E-state index contributed by atoms with van der Waals surface area (Å²) in [5, 5.41) is 8.90. The quantitative estimate of drug-likeness (QED) is 0.891. The number of hydrogen-bond donors (Lipinski definition) is 1. The van der Waals surface area contributed by atoms with Crippen LogP contribution in [0, 0.1) is 6.92 Å². The fourth-order valence-electron chi connectivity index (χ4n) is 2.53. The molecule has 0 radical (unpaired) electrons. The molecule has 1 aromatic rings. The third kappa shape index (κ3) is 3.12. The van der Waals surface area contributed by atoms with E-state index in [0.29, 0.717) is 13.1 Å². The first kappa shape index (κ1) is 16.0. The van der Waals surface area contributed by atoms with Gasteiger partial charge in [0.05, 0.1) is 0 Å². The van der Waals surface area contributed by atoms with E-state index in [9.17, 15) is 13.2 Å². The number of aromatic carboxylic acids is 1. The van der Waals surface area contributed by atoms with Gasteiger partial charge in [-0.15, -0.1) is 0 Å². The largest absolute Gasteiger partial charge is 0.475 e. The van der Waals surface area contributed by atoms with Crippen LogP contribution in [0.25, 0.3) is 0 Å². The van der Waals surface area contributed by atoms with Crippen molar-refractivity contribution in [3.63, 3.8) is 0 Å². The van der Waals surface area contributed by atoms with Gasteiger partial charge in [-0.05, 0) is 33.9 Å². The van der Waals surface area contributed by atoms with Gasteiger partial charge in [0.15, 0.2) is 0 Å². The fraction of sp³-hybridized carbons (Fsp3) is 0.615. The highest BCUT2D eigenvalue weighted by atomic mass is 32.2. The molecule has 1 N–H and O–H groups in total. The standard InChI is InChI=1S/C13H20N2O5S/c1-9-12(7-11(20-9)13(16)17)21(18,19)15-6-4-5-10(8-15)14(2)3/h7,10H,4-6,8H2,1-3H3,(H,16,17). The molecule has 21 heavy (non-hydrogen) atoms. The Morgan fingerprint density at radius 1 is 1.48 bits per heavy atom. The van der Waals surface area contributed by atoms with Crippen LogP contribution in [0.15, 0.2) is 15.4 Å². The highest BCUT2D eigenvalue weighted by Gasteiger charge is 2.34. The van der Waals surface area contributed by atoms with E-state index in [2.05, 4.69) is 0 Å². The van der Waals surface area contributed by atoms with Gasteiger partial charge in [0.1, 0.15) is 10.7 Å². The molecule has 118 valence electrons. The molecule has 0 aromatic carbocycles. The second kappa shape index (κ2) is 5.78. The molecule has 1 fully saturated rings. The van der Waals surface area contributed by atoms with Crippen LogP contribution in [0.3, 0.4) is 0 Å². The van der Waals surface area contributed by atoms with Gasteiger partial charge in [0.2, 0.25) is 15.8 Å². The lowest BCUT2D eigenvalue weighted by molar-refractivity contribution is 0.0661. The number of carboxylic acids is 1. The van der Waals surface area contributed by atoms with E-state index < -0.39 is 16.0 Å². The summed E-state index contributed by atoms with van der Waals surface area (Å²) in [6.45, 7) is 2.31. The Hall–Kier alpha value is -1.38. The van der Waals surface area contributed by atoms with E-state index in [-0.39, 0.29) is 22.5 Å². The van der Waals surface area contributed by atoms with E-state index in [1.165, 1.54) is 11.2 Å². The molecule has 1 aromatic heterocycles. The van der Waals surface area contributed by atoms with Crippen molar-refractivity contribution in [1.82, 2.24) is 9.21 Å². The number of aryl methyl sites for hydroxylation is 1. The first-order valence-corrected chi connectivity index (χ1v) is 8.18. The highest BCUT2D eigenvalue weighted by molar-refractivity contribution is 7.89. The lowest BCUT2D eigenvalue weighted by Crippen LogP contribution is -2.47. The van der Waals surface area contributed by atoms with E-state index >= 15 is 0 Å². The molecular formula is C13H20N2O5S. The lowest BCUT2D eigenvalue weighted by Gasteiger charge is -2.35. The molecule has 1 unspecified atom stereocenters. The monoisotopic (exact) mass is 316 g/mol. The molecule has 1 aliphatic rings. The molecule has 0 spiro atoms. The number of carbonyl (C=O) groups is 1. The zero-order valence-corrected chi connectivity index (χ0v) is 13.2. The number of piperidine rings is 1. The molecule has 1 atom stereocenters. The predicted molar refractivity (Wildman–Crippen MR) is 75.9 cm³/mol. The van der Waals surface area contributed by atoms with E-state index in [1.807, 2.05) is 19.0 Å². The third-order valence-electron chi connectivity index (χ3n) is 3.79. The average molecular weight is 316 g/mol. The van der Waals surface area contributed by atoms with Gasteiger partial charge in [-0.2, -0.15) is 4.31 Å². The SMILES string of the molecule is Cc1oc(C(=O)O)cc1S(=O)(=O)N1CCCC(N(C)C)C1. The van der Waals surface area contributed by atoms with Crippen molar-refractivity contribution < 1.29 is 22.7 Å². The van der Waals surface area contributed by atoms with E-state index in [4.69, 9.17) is 9.52 Å². The maximum Gasteiger partial charge on any atom is 0.371 e. The molecule has 8 heteroatoms. The molecule has 0 amide bonds. The van der Waals surface area contributed by atoms with Gasteiger partial charge in [-0.25, -0.2) is 13.2 Å². The summed E-state index contributed by atoms with van der Waals surface area (Å²) in [5.41, 5.74) is 0. The smallest absolute Gasteiger partial charge is 0.371 e. The number of hydrogen-bond acceptors (Lipinski definition) is 5. The number of carboxylic acid groups (broad SMARTS) is 1. The van der Waals surface area contributed by atoms with Crippen molar-refractivity contribution in [3.05, 3.63) is 17.6 Å². The molecule has 1 aliphatic heterocycles. The van der Waals surface area contributed by atoms with Crippen molar-refractivity contribution in [3.8, 4) is 0 Å². The summed E-state index contributed by atoms with van der Waals surface area (Å²) in [6, 6.07) is 1.26. The molecule has 7 nitrogen and oxygen atoms in total. The number of rotatable bonds is 4. The minimum absolute atomic E-state index is 0.0562. The van der Waals surface area contributed by atoms with Crippen LogP contribution in [-0.4, -0.2) is 61.9 Å². The zero-order chi connectivity index (χ0) is 15.8. The van der Waals surface area contributed by atoms with Crippen molar-refractivity contribution in [2.75, 3.05) is 27.2 Å². The van der Waals surface area contributed by atoms with Crippen LogP contribution in [0.2, 0.25) is 0 Å². The molecule has 0 aliphatic carbocycles. The lowest BCUT2D eigenvalue weighted by atomic mass is 10.1.